The smallest absolute Gasteiger partial charge is 0.170 e. The Bertz CT molecular complexity index is 653. The van der Waals surface area contributed by atoms with Crippen molar-refractivity contribution in [1.29, 1.82) is 0 Å². The fourth-order valence-corrected chi connectivity index (χ4v) is 3.67. The van der Waals surface area contributed by atoms with Gasteiger partial charge in [-0.25, -0.2) is 0 Å². The van der Waals surface area contributed by atoms with Gasteiger partial charge >= 0.3 is 0 Å². The van der Waals surface area contributed by atoms with Gasteiger partial charge in [0.2, 0.25) is 0 Å². The molecular formula is C15H15Cl2NO. The van der Waals surface area contributed by atoms with Crippen molar-refractivity contribution in [3.8, 4) is 0 Å². The van der Waals surface area contributed by atoms with Crippen LogP contribution in [-0.4, -0.2) is 10.8 Å². The molecule has 2 nitrogen and oxygen atoms in total. The predicted octanol–water partition coefficient (Wildman–Crippen LogP) is 5.24. The van der Waals surface area contributed by atoms with Crippen LogP contribution in [0.1, 0.15) is 43.0 Å². The predicted molar refractivity (Wildman–Crippen MR) is 79.2 cm³/mol. The molecule has 3 rings (SSSR count). The molecule has 2 aromatic rings. The van der Waals surface area contributed by atoms with Crippen LogP contribution in [0.15, 0.2) is 18.3 Å². The van der Waals surface area contributed by atoms with Gasteiger partial charge in [0, 0.05) is 33.1 Å². The second-order valence-corrected chi connectivity index (χ2v) is 6.45. The summed E-state index contributed by atoms with van der Waals surface area (Å²) in [6.45, 7) is 2.06. The molecule has 0 unspecified atom stereocenters. The van der Waals surface area contributed by atoms with Crippen molar-refractivity contribution in [3.63, 3.8) is 0 Å². The molecule has 19 heavy (non-hydrogen) atoms. The normalized spacial score (nSPS) is 18.1. The van der Waals surface area contributed by atoms with E-state index >= 15 is 0 Å². The van der Waals surface area contributed by atoms with E-state index in [2.05, 4.69) is 11.9 Å². The van der Waals surface area contributed by atoms with Crippen molar-refractivity contribution in [2.45, 2.75) is 32.6 Å². The highest BCUT2D eigenvalue weighted by molar-refractivity contribution is 6.39. The molecule has 100 valence electrons. The van der Waals surface area contributed by atoms with Crippen LogP contribution in [0.25, 0.3) is 10.9 Å². The summed E-state index contributed by atoms with van der Waals surface area (Å²) in [4.78, 5) is 15.9. The Labute approximate surface area is 122 Å². The Kier molecular flexibility index (Phi) is 3.11. The second kappa shape index (κ2) is 4.53. The van der Waals surface area contributed by atoms with E-state index in [9.17, 15) is 4.79 Å². The fourth-order valence-electron chi connectivity index (χ4n) is 3.07. The zero-order chi connectivity index (χ0) is 13.6. The summed E-state index contributed by atoms with van der Waals surface area (Å²) >= 11 is 12.2. The molecule has 1 heterocycles. The quantitative estimate of drug-likeness (QED) is 0.755. The molecule has 0 aliphatic heterocycles. The number of rotatable bonds is 2. The number of hydrogen-bond donors (Lipinski definition) is 1. The molecule has 0 saturated heterocycles. The maximum Gasteiger partial charge on any atom is 0.170 e. The first-order valence-corrected chi connectivity index (χ1v) is 7.28. The molecule has 1 fully saturated rings. The molecule has 1 N–H and O–H groups in total. The highest BCUT2D eigenvalue weighted by Gasteiger charge is 2.37. The van der Waals surface area contributed by atoms with E-state index in [0.717, 1.165) is 36.6 Å². The van der Waals surface area contributed by atoms with Gasteiger partial charge in [0.15, 0.2) is 5.78 Å². The van der Waals surface area contributed by atoms with E-state index in [4.69, 9.17) is 23.2 Å². The third-order valence-corrected chi connectivity index (χ3v) is 4.71. The maximum absolute atomic E-state index is 12.8. The number of carbonyl (C=O) groups is 1. The molecule has 0 amide bonds. The fraction of sp³-hybridized carbons (Fsp3) is 0.400. The standard InChI is InChI=1S/C15H15Cl2NO/c1-15(4-2-3-5-15)14(19)10-8-18-12-7-9(16)6-11(17)13(10)12/h6-8,18H,2-5H2,1H3. The minimum absolute atomic E-state index is 0.195. The van der Waals surface area contributed by atoms with E-state index in [0.29, 0.717) is 15.6 Å². The third-order valence-electron chi connectivity index (χ3n) is 4.20. The van der Waals surface area contributed by atoms with Crippen molar-refractivity contribution in [2.24, 2.45) is 5.41 Å². The molecule has 1 aliphatic rings. The van der Waals surface area contributed by atoms with Crippen LogP contribution < -0.4 is 0 Å². The maximum atomic E-state index is 12.8. The molecule has 0 atom stereocenters. The molecule has 0 bridgehead atoms. The molecule has 1 aromatic heterocycles. The number of benzene rings is 1. The van der Waals surface area contributed by atoms with Gasteiger partial charge in [-0.15, -0.1) is 0 Å². The van der Waals surface area contributed by atoms with Crippen LogP contribution in [0.4, 0.5) is 0 Å². The van der Waals surface area contributed by atoms with Crippen LogP contribution in [0.3, 0.4) is 0 Å². The van der Waals surface area contributed by atoms with E-state index in [1.807, 2.05) is 0 Å². The van der Waals surface area contributed by atoms with Crippen molar-refractivity contribution in [2.75, 3.05) is 0 Å². The van der Waals surface area contributed by atoms with E-state index in [1.165, 1.54) is 0 Å². The van der Waals surface area contributed by atoms with Crippen molar-refractivity contribution < 1.29 is 4.79 Å². The Balaban J connectivity index is 2.13. The average Bonchev–Trinajstić information content (AvgIpc) is 2.95. The molecular weight excluding hydrogens is 281 g/mol. The summed E-state index contributed by atoms with van der Waals surface area (Å²) in [6.07, 6.45) is 5.94. The second-order valence-electron chi connectivity index (χ2n) is 5.61. The van der Waals surface area contributed by atoms with Gasteiger partial charge in [0.25, 0.3) is 0 Å². The molecule has 0 radical (unpaired) electrons. The first-order chi connectivity index (χ1) is 9.01. The number of aromatic nitrogens is 1. The minimum Gasteiger partial charge on any atom is -0.360 e. The first-order valence-electron chi connectivity index (χ1n) is 6.52. The first kappa shape index (κ1) is 13.0. The number of halogens is 2. The summed E-state index contributed by atoms with van der Waals surface area (Å²) in [6, 6.07) is 3.49. The Morgan fingerprint density at radius 1 is 1.26 bits per heavy atom. The molecule has 1 saturated carbocycles. The van der Waals surface area contributed by atoms with Crippen LogP contribution >= 0.6 is 23.2 Å². The summed E-state index contributed by atoms with van der Waals surface area (Å²) < 4.78 is 0. The topological polar surface area (TPSA) is 32.9 Å². The van der Waals surface area contributed by atoms with Gasteiger partial charge in [-0.1, -0.05) is 43.0 Å². The lowest BCUT2D eigenvalue weighted by molar-refractivity contribution is 0.0825. The number of fused-ring (bicyclic) bond motifs is 1. The summed E-state index contributed by atoms with van der Waals surface area (Å²) in [5.41, 5.74) is 1.28. The molecule has 4 heteroatoms. The van der Waals surface area contributed by atoms with Crippen molar-refractivity contribution in [1.82, 2.24) is 4.98 Å². The number of ketones is 1. The van der Waals surface area contributed by atoms with Crippen molar-refractivity contribution in [3.05, 3.63) is 33.9 Å². The van der Waals surface area contributed by atoms with E-state index < -0.39 is 0 Å². The molecule has 1 aromatic carbocycles. The molecule has 1 aliphatic carbocycles. The Hall–Kier alpha value is -0.990. The monoisotopic (exact) mass is 295 g/mol. The summed E-state index contributed by atoms with van der Waals surface area (Å²) in [7, 11) is 0. The van der Waals surface area contributed by atoms with Gasteiger partial charge in [-0.2, -0.15) is 0 Å². The van der Waals surface area contributed by atoms with Crippen LogP contribution in [0.5, 0.6) is 0 Å². The number of H-pyrrole nitrogens is 1. The van der Waals surface area contributed by atoms with Gasteiger partial charge in [-0.3, -0.25) is 4.79 Å². The zero-order valence-corrected chi connectivity index (χ0v) is 12.2. The largest absolute Gasteiger partial charge is 0.360 e. The lowest BCUT2D eigenvalue weighted by Crippen LogP contribution is -2.24. The third kappa shape index (κ3) is 2.07. The molecule has 0 spiro atoms. The number of hydrogen-bond acceptors (Lipinski definition) is 1. The number of nitrogens with one attached hydrogen (secondary N) is 1. The van der Waals surface area contributed by atoms with Gasteiger partial charge in [-0.05, 0) is 25.0 Å². The number of carbonyl (C=O) groups excluding carboxylic acids is 1. The summed E-state index contributed by atoms with van der Waals surface area (Å²) in [5, 5.41) is 1.91. The van der Waals surface area contributed by atoms with Gasteiger partial charge in [0.1, 0.15) is 0 Å². The SMILES string of the molecule is CC1(C(=O)c2c[nH]c3cc(Cl)cc(Cl)c23)CCCC1. The van der Waals surface area contributed by atoms with Crippen molar-refractivity contribution >= 4 is 39.9 Å². The lowest BCUT2D eigenvalue weighted by Gasteiger charge is -2.21. The summed E-state index contributed by atoms with van der Waals surface area (Å²) in [5.74, 6) is 0.195. The van der Waals surface area contributed by atoms with Crippen LogP contribution in [-0.2, 0) is 0 Å². The Morgan fingerprint density at radius 2 is 1.95 bits per heavy atom. The minimum atomic E-state index is -0.238. The number of Topliss-reactive ketones (excluding diaryl/α,β-unsaturated/α-hetero) is 1. The average molecular weight is 296 g/mol. The number of aromatic amines is 1. The lowest BCUT2D eigenvalue weighted by atomic mass is 9.81. The van der Waals surface area contributed by atoms with Crippen LogP contribution in [0.2, 0.25) is 10.0 Å². The Morgan fingerprint density at radius 3 is 2.63 bits per heavy atom. The highest BCUT2D eigenvalue weighted by Crippen LogP contribution is 2.42. The van der Waals surface area contributed by atoms with Gasteiger partial charge < -0.3 is 4.98 Å². The van der Waals surface area contributed by atoms with E-state index in [-0.39, 0.29) is 11.2 Å². The van der Waals surface area contributed by atoms with Gasteiger partial charge in [0.05, 0.1) is 5.02 Å². The zero-order valence-electron chi connectivity index (χ0n) is 10.7. The van der Waals surface area contributed by atoms with Crippen LogP contribution in [0, 0.1) is 5.41 Å². The van der Waals surface area contributed by atoms with E-state index in [1.54, 1.807) is 18.3 Å². The highest BCUT2D eigenvalue weighted by atomic mass is 35.5.